The summed E-state index contributed by atoms with van der Waals surface area (Å²) in [6.07, 6.45) is 1.65. The van der Waals surface area contributed by atoms with Gasteiger partial charge in [-0.15, -0.1) is 0 Å². The van der Waals surface area contributed by atoms with E-state index in [2.05, 4.69) is 54.7 Å². The van der Waals surface area contributed by atoms with Gasteiger partial charge in [0.25, 0.3) is 0 Å². The highest BCUT2D eigenvalue weighted by Crippen LogP contribution is 2.19. The van der Waals surface area contributed by atoms with E-state index in [4.69, 9.17) is 4.42 Å². The Morgan fingerprint density at radius 2 is 1.86 bits per heavy atom. The molecule has 2 N–H and O–H groups in total. The van der Waals surface area contributed by atoms with E-state index in [1.807, 2.05) is 0 Å². The van der Waals surface area contributed by atoms with Crippen LogP contribution in [0.4, 0.5) is 0 Å². The second kappa shape index (κ2) is 6.77. The number of furan rings is 1. The van der Waals surface area contributed by atoms with Crippen molar-refractivity contribution in [3.8, 4) is 0 Å². The van der Waals surface area contributed by atoms with E-state index in [1.165, 1.54) is 16.3 Å². The molecular weight excluding hydrogens is 274 g/mol. The summed E-state index contributed by atoms with van der Waals surface area (Å²) in [5.74, 6) is 0.624. The Hall–Kier alpha value is -2.10. The average Bonchev–Trinajstić information content (AvgIpc) is 3.07. The van der Waals surface area contributed by atoms with Crippen molar-refractivity contribution in [2.24, 2.45) is 0 Å². The standard InChI is InChI=1S/C19H21NO2/c1-14(11-18(21)19-7-4-10-22-19)20-13-15-8-9-16-5-2-3-6-17(16)12-15/h2-10,12,14,18,20-21H,11,13H2,1H3. The first kappa shape index (κ1) is 14.8. The van der Waals surface area contributed by atoms with E-state index in [1.54, 1.807) is 18.4 Å². The summed E-state index contributed by atoms with van der Waals surface area (Å²) in [6.45, 7) is 2.87. The highest BCUT2D eigenvalue weighted by molar-refractivity contribution is 5.82. The highest BCUT2D eigenvalue weighted by atomic mass is 16.4. The molecule has 0 saturated carbocycles. The molecule has 3 nitrogen and oxygen atoms in total. The van der Waals surface area contributed by atoms with Gasteiger partial charge in [-0.2, -0.15) is 0 Å². The zero-order valence-corrected chi connectivity index (χ0v) is 12.7. The Labute approximate surface area is 130 Å². The maximum atomic E-state index is 10.1. The van der Waals surface area contributed by atoms with E-state index < -0.39 is 6.10 Å². The van der Waals surface area contributed by atoms with Gasteiger partial charge in [0.15, 0.2) is 0 Å². The van der Waals surface area contributed by atoms with Crippen LogP contribution in [0.3, 0.4) is 0 Å². The Morgan fingerprint density at radius 3 is 2.64 bits per heavy atom. The summed E-state index contributed by atoms with van der Waals surface area (Å²) in [6, 6.07) is 18.7. The summed E-state index contributed by atoms with van der Waals surface area (Å²) in [7, 11) is 0. The van der Waals surface area contributed by atoms with Gasteiger partial charge in [-0.05, 0) is 47.9 Å². The summed E-state index contributed by atoms with van der Waals surface area (Å²) < 4.78 is 5.23. The molecule has 2 atom stereocenters. The monoisotopic (exact) mass is 295 g/mol. The van der Waals surface area contributed by atoms with Crippen molar-refractivity contribution < 1.29 is 9.52 Å². The van der Waals surface area contributed by atoms with Crippen molar-refractivity contribution >= 4 is 10.8 Å². The number of rotatable bonds is 6. The van der Waals surface area contributed by atoms with Crippen molar-refractivity contribution in [2.75, 3.05) is 0 Å². The molecule has 0 aliphatic carbocycles. The number of benzene rings is 2. The third-order valence-corrected chi connectivity index (χ3v) is 3.92. The predicted octanol–water partition coefficient (Wildman–Crippen LogP) is 4.03. The Bertz CT molecular complexity index is 721. The minimum atomic E-state index is -0.561. The van der Waals surface area contributed by atoms with Gasteiger partial charge >= 0.3 is 0 Å². The first-order valence-electron chi connectivity index (χ1n) is 7.65. The van der Waals surface area contributed by atoms with Gasteiger partial charge in [-0.1, -0.05) is 36.4 Å². The van der Waals surface area contributed by atoms with E-state index in [9.17, 15) is 5.11 Å². The van der Waals surface area contributed by atoms with E-state index >= 15 is 0 Å². The first-order valence-corrected chi connectivity index (χ1v) is 7.65. The van der Waals surface area contributed by atoms with Gasteiger partial charge in [-0.25, -0.2) is 0 Å². The van der Waals surface area contributed by atoms with E-state index in [-0.39, 0.29) is 6.04 Å². The molecule has 0 aliphatic rings. The lowest BCUT2D eigenvalue weighted by molar-refractivity contribution is 0.128. The average molecular weight is 295 g/mol. The van der Waals surface area contributed by atoms with Crippen molar-refractivity contribution in [3.63, 3.8) is 0 Å². The lowest BCUT2D eigenvalue weighted by atomic mass is 10.1. The van der Waals surface area contributed by atoms with Crippen LogP contribution in [0.5, 0.6) is 0 Å². The summed E-state index contributed by atoms with van der Waals surface area (Å²) in [4.78, 5) is 0. The topological polar surface area (TPSA) is 45.4 Å². The predicted molar refractivity (Wildman–Crippen MR) is 88.5 cm³/mol. The third-order valence-electron chi connectivity index (χ3n) is 3.92. The smallest absolute Gasteiger partial charge is 0.132 e. The Balaban J connectivity index is 1.56. The second-order valence-electron chi connectivity index (χ2n) is 5.73. The number of aliphatic hydroxyl groups is 1. The SMILES string of the molecule is CC(CC(O)c1ccco1)NCc1ccc2ccccc2c1. The minimum absolute atomic E-state index is 0.201. The fourth-order valence-corrected chi connectivity index (χ4v) is 2.66. The quantitative estimate of drug-likeness (QED) is 0.721. The van der Waals surface area contributed by atoms with Crippen LogP contribution < -0.4 is 5.32 Å². The van der Waals surface area contributed by atoms with Crippen molar-refractivity contribution in [1.82, 2.24) is 5.32 Å². The molecule has 1 aromatic heterocycles. The zero-order chi connectivity index (χ0) is 15.4. The number of aliphatic hydroxyl groups excluding tert-OH is 1. The maximum absolute atomic E-state index is 10.1. The van der Waals surface area contributed by atoms with Gasteiger partial charge in [0.05, 0.1) is 6.26 Å². The molecule has 3 rings (SSSR count). The lowest BCUT2D eigenvalue weighted by Gasteiger charge is -2.17. The van der Waals surface area contributed by atoms with Crippen LogP contribution in [0.2, 0.25) is 0 Å². The van der Waals surface area contributed by atoms with Crippen LogP contribution in [-0.2, 0) is 6.54 Å². The van der Waals surface area contributed by atoms with Gasteiger partial charge in [0.2, 0.25) is 0 Å². The molecule has 0 radical (unpaired) electrons. The maximum Gasteiger partial charge on any atom is 0.132 e. The molecule has 0 bridgehead atoms. The van der Waals surface area contributed by atoms with E-state index in [0.29, 0.717) is 12.2 Å². The van der Waals surface area contributed by atoms with Crippen LogP contribution in [-0.4, -0.2) is 11.1 Å². The summed E-state index contributed by atoms with van der Waals surface area (Å²) in [5.41, 5.74) is 1.25. The molecule has 0 amide bonds. The molecule has 0 aliphatic heterocycles. The van der Waals surface area contributed by atoms with E-state index in [0.717, 1.165) is 6.54 Å². The molecule has 1 heterocycles. The first-order chi connectivity index (χ1) is 10.7. The lowest BCUT2D eigenvalue weighted by Crippen LogP contribution is -2.27. The number of fused-ring (bicyclic) bond motifs is 1. The van der Waals surface area contributed by atoms with Crippen molar-refractivity contribution in [2.45, 2.75) is 32.0 Å². The largest absolute Gasteiger partial charge is 0.467 e. The molecule has 3 heteroatoms. The number of nitrogens with one attached hydrogen (secondary N) is 1. The summed E-state index contributed by atoms with van der Waals surface area (Å²) >= 11 is 0. The molecule has 22 heavy (non-hydrogen) atoms. The van der Waals surface area contributed by atoms with Gasteiger partial charge in [0, 0.05) is 12.6 Å². The van der Waals surface area contributed by atoms with Gasteiger partial charge < -0.3 is 14.8 Å². The van der Waals surface area contributed by atoms with Crippen LogP contribution in [0.15, 0.2) is 65.3 Å². The number of hydrogen-bond donors (Lipinski definition) is 2. The normalized spacial score (nSPS) is 14.1. The zero-order valence-electron chi connectivity index (χ0n) is 12.7. The molecule has 2 unspecified atom stereocenters. The minimum Gasteiger partial charge on any atom is -0.467 e. The Morgan fingerprint density at radius 1 is 1.05 bits per heavy atom. The molecule has 114 valence electrons. The fraction of sp³-hybridized carbons (Fsp3) is 0.263. The second-order valence-corrected chi connectivity index (χ2v) is 5.73. The van der Waals surface area contributed by atoms with Gasteiger partial charge in [0.1, 0.15) is 11.9 Å². The van der Waals surface area contributed by atoms with Crippen LogP contribution in [0.25, 0.3) is 10.8 Å². The van der Waals surface area contributed by atoms with Crippen LogP contribution >= 0.6 is 0 Å². The summed E-state index contributed by atoms with van der Waals surface area (Å²) in [5, 5.41) is 16.1. The van der Waals surface area contributed by atoms with Crippen molar-refractivity contribution in [1.29, 1.82) is 0 Å². The molecule has 0 saturated heterocycles. The highest BCUT2D eigenvalue weighted by Gasteiger charge is 2.14. The molecule has 0 spiro atoms. The van der Waals surface area contributed by atoms with Gasteiger partial charge in [-0.3, -0.25) is 0 Å². The third kappa shape index (κ3) is 3.56. The fourth-order valence-electron chi connectivity index (χ4n) is 2.66. The molecule has 3 aromatic rings. The Kier molecular flexibility index (Phi) is 4.56. The molecule has 2 aromatic carbocycles. The van der Waals surface area contributed by atoms with Crippen molar-refractivity contribution in [3.05, 3.63) is 72.2 Å². The van der Waals surface area contributed by atoms with Crippen LogP contribution in [0.1, 0.15) is 30.8 Å². The molecular formula is C19H21NO2. The number of hydrogen-bond acceptors (Lipinski definition) is 3. The van der Waals surface area contributed by atoms with Crippen LogP contribution in [0, 0.1) is 0 Å². The molecule has 0 fully saturated rings.